The second-order valence-electron chi connectivity index (χ2n) is 2.64. The molecule has 0 saturated carbocycles. The van der Waals surface area contributed by atoms with Crippen LogP contribution in [0.5, 0.6) is 0 Å². The van der Waals surface area contributed by atoms with Crippen LogP contribution in [0.15, 0.2) is 10.7 Å². The van der Waals surface area contributed by atoms with Crippen molar-refractivity contribution in [2.45, 2.75) is 13.8 Å². The van der Waals surface area contributed by atoms with Crippen molar-refractivity contribution in [3.63, 3.8) is 0 Å². The Balaban J connectivity index is 2.88. The van der Waals surface area contributed by atoms with Crippen LogP contribution in [0.2, 0.25) is 0 Å². The Bertz CT molecular complexity index is 436. The van der Waals surface area contributed by atoms with Gasteiger partial charge in [-0.1, -0.05) is 0 Å². The van der Waals surface area contributed by atoms with Gasteiger partial charge in [0, 0.05) is 10.3 Å². The number of hydrogen-bond acceptors (Lipinski definition) is 3. The van der Waals surface area contributed by atoms with E-state index in [9.17, 15) is 0 Å². The molecule has 0 aliphatic rings. The van der Waals surface area contributed by atoms with Crippen molar-refractivity contribution in [1.29, 1.82) is 0 Å². The fourth-order valence-electron chi connectivity index (χ4n) is 1.11. The summed E-state index contributed by atoms with van der Waals surface area (Å²) in [6, 6.07) is 2.10. The summed E-state index contributed by atoms with van der Waals surface area (Å²) in [5, 5.41) is 1.11. The van der Waals surface area contributed by atoms with E-state index in [-0.39, 0.29) is 0 Å². The third-order valence-corrected chi connectivity index (χ3v) is 3.13. The van der Waals surface area contributed by atoms with Crippen LogP contribution in [-0.4, -0.2) is 9.97 Å². The zero-order chi connectivity index (χ0) is 8.72. The normalized spacial score (nSPS) is 10.9. The lowest BCUT2D eigenvalue weighted by molar-refractivity contribution is 1.08. The maximum absolute atomic E-state index is 4.33. The van der Waals surface area contributed by atoms with Crippen LogP contribution in [0, 0.1) is 13.8 Å². The van der Waals surface area contributed by atoms with Crippen LogP contribution in [-0.2, 0) is 0 Å². The molecule has 62 valence electrons. The highest BCUT2D eigenvalue weighted by atomic mass is 79.9. The van der Waals surface area contributed by atoms with E-state index in [2.05, 4.69) is 38.9 Å². The maximum atomic E-state index is 4.33. The maximum Gasteiger partial charge on any atom is 0.128 e. The van der Waals surface area contributed by atoms with Gasteiger partial charge in [0.25, 0.3) is 0 Å². The quantitative estimate of drug-likeness (QED) is 0.664. The lowest BCUT2D eigenvalue weighted by atomic mass is 10.4. The van der Waals surface area contributed by atoms with Gasteiger partial charge in [0.05, 0.1) is 0 Å². The van der Waals surface area contributed by atoms with Gasteiger partial charge in [-0.2, -0.15) is 0 Å². The molecule has 0 aliphatic heterocycles. The zero-order valence-corrected chi connectivity index (χ0v) is 9.16. The summed E-state index contributed by atoms with van der Waals surface area (Å²) in [4.78, 5) is 10.9. The highest BCUT2D eigenvalue weighted by Crippen LogP contribution is 2.28. The fourth-order valence-corrected chi connectivity index (χ4v) is 2.72. The molecule has 2 rings (SSSR count). The highest BCUT2D eigenvalue weighted by Gasteiger charge is 2.05. The van der Waals surface area contributed by atoms with E-state index in [0.29, 0.717) is 0 Å². The fraction of sp³-hybridized carbons (Fsp3) is 0.250. The Morgan fingerprint density at radius 1 is 1.33 bits per heavy atom. The molecule has 0 aliphatic carbocycles. The molecule has 0 atom stereocenters. The number of fused-ring (bicyclic) bond motifs is 1. The standard InChI is InChI=1S/C8H7BrN2S/c1-4-3-6-7(9)10-5(2)11-8(6)12-4/h3H,1-2H3. The Morgan fingerprint density at radius 3 is 2.83 bits per heavy atom. The Morgan fingerprint density at radius 2 is 2.08 bits per heavy atom. The van der Waals surface area contributed by atoms with Crippen LogP contribution >= 0.6 is 27.3 Å². The van der Waals surface area contributed by atoms with Crippen molar-refractivity contribution >= 4 is 37.5 Å². The summed E-state index contributed by atoms with van der Waals surface area (Å²) in [6.45, 7) is 3.98. The van der Waals surface area contributed by atoms with E-state index >= 15 is 0 Å². The van der Waals surface area contributed by atoms with Gasteiger partial charge >= 0.3 is 0 Å². The van der Waals surface area contributed by atoms with Gasteiger partial charge in [-0.15, -0.1) is 11.3 Å². The summed E-state index contributed by atoms with van der Waals surface area (Å²) >= 11 is 5.12. The van der Waals surface area contributed by atoms with E-state index in [0.717, 1.165) is 20.6 Å². The smallest absolute Gasteiger partial charge is 0.128 e. The summed E-state index contributed by atoms with van der Waals surface area (Å²) in [5.74, 6) is 0.816. The van der Waals surface area contributed by atoms with E-state index in [1.807, 2.05) is 6.92 Å². The number of aromatic nitrogens is 2. The molecule has 2 nitrogen and oxygen atoms in total. The second kappa shape index (κ2) is 2.78. The van der Waals surface area contributed by atoms with E-state index < -0.39 is 0 Å². The van der Waals surface area contributed by atoms with Crippen molar-refractivity contribution in [2.24, 2.45) is 0 Å². The van der Waals surface area contributed by atoms with Crippen LogP contribution in [0.1, 0.15) is 10.7 Å². The monoisotopic (exact) mass is 242 g/mol. The number of thiophene rings is 1. The van der Waals surface area contributed by atoms with E-state index in [1.54, 1.807) is 11.3 Å². The number of aryl methyl sites for hydroxylation is 2. The average molecular weight is 243 g/mol. The topological polar surface area (TPSA) is 25.8 Å². The molecule has 0 bridgehead atoms. The molecule has 12 heavy (non-hydrogen) atoms. The molecule has 2 heterocycles. The highest BCUT2D eigenvalue weighted by molar-refractivity contribution is 9.10. The third-order valence-electron chi connectivity index (χ3n) is 1.58. The molecule has 0 saturated heterocycles. The minimum Gasteiger partial charge on any atom is -0.226 e. The molecule has 0 fully saturated rings. The SMILES string of the molecule is Cc1nc(Br)c2cc(C)sc2n1. The van der Waals surface area contributed by atoms with E-state index in [4.69, 9.17) is 0 Å². The minimum atomic E-state index is 0.816. The van der Waals surface area contributed by atoms with Crippen molar-refractivity contribution in [3.8, 4) is 0 Å². The predicted molar refractivity (Wildman–Crippen MR) is 54.6 cm³/mol. The Kier molecular flexibility index (Phi) is 1.88. The van der Waals surface area contributed by atoms with Crippen LogP contribution in [0.3, 0.4) is 0 Å². The van der Waals surface area contributed by atoms with Crippen LogP contribution < -0.4 is 0 Å². The summed E-state index contributed by atoms with van der Waals surface area (Å²) in [6.07, 6.45) is 0. The van der Waals surface area contributed by atoms with Gasteiger partial charge < -0.3 is 0 Å². The van der Waals surface area contributed by atoms with Crippen LogP contribution in [0.25, 0.3) is 10.2 Å². The first-order valence-electron chi connectivity index (χ1n) is 3.57. The number of nitrogens with zero attached hydrogens (tertiary/aromatic N) is 2. The molecule has 2 aromatic heterocycles. The second-order valence-corrected chi connectivity index (χ2v) is 4.62. The molecule has 0 spiro atoms. The number of halogens is 1. The van der Waals surface area contributed by atoms with Crippen molar-refractivity contribution in [1.82, 2.24) is 9.97 Å². The van der Waals surface area contributed by atoms with Gasteiger partial charge in [0.15, 0.2) is 0 Å². The molecule has 0 radical (unpaired) electrons. The third kappa shape index (κ3) is 1.25. The molecule has 0 N–H and O–H groups in total. The molecule has 0 amide bonds. The zero-order valence-electron chi connectivity index (χ0n) is 6.76. The van der Waals surface area contributed by atoms with Crippen molar-refractivity contribution in [2.75, 3.05) is 0 Å². The first-order valence-corrected chi connectivity index (χ1v) is 5.18. The van der Waals surface area contributed by atoms with Gasteiger partial charge in [-0.25, -0.2) is 9.97 Å². The lowest BCUT2D eigenvalue weighted by Crippen LogP contribution is -1.86. The molecular formula is C8H7BrN2S. The largest absolute Gasteiger partial charge is 0.226 e. The molecular weight excluding hydrogens is 236 g/mol. The van der Waals surface area contributed by atoms with Gasteiger partial charge in [-0.3, -0.25) is 0 Å². The first kappa shape index (κ1) is 8.13. The van der Waals surface area contributed by atoms with E-state index in [1.165, 1.54) is 4.88 Å². The molecule has 2 aromatic rings. The summed E-state index contributed by atoms with van der Waals surface area (Å²) < 4.78 is 0.898. The minimum absolute atomic E-state index is 0.816. The average Bonchev–Trinajstić information content (AvgIpc) is 2.29. The molecule has 0 unspecified atom stereocenters. The first-order chi connectivity index (χ1) is 5.66. The van der Waals surface area contributed by atoms with Crippen molar-refractivity contribution in [3.05, 3.63) is 21.4 Å². The molecule has 4 heteroatoms. The summed E-state index contributed by atoms with van der Waals surface area (Å²) in [7, 11) is 0. The number of rotatable bonds is 0. The predicted octanol–water partition coefficient (Wildman–Crippen LogP) is 3.07. The van der Waals surface area contributed by atoms with Gasteiger partial charge in [-0.05, 0) is 35.8 Å². The van der Waals surface area contributed by atoms with Gasteiger partial charge in [0.2, 0.25) is 0 Å². The van der Waals surface area contributed by atoms with Crippen molar-refractivity contribution < 1.29 is 0 Å². The lowest BCUT2D eigenvalue weighted by Gasteiger charge is -1.93. The Labute approximate surface area is 82.8 Å². The van der Waals surface area contributed by atoms with Gasteiger partial charge in [0.1, 0.15) is 15.3 Å². The molecule has 0 aromatic carbocycles. The Hall–Kier alpha value is -0.480. The van der Waals surface area contributed by atoms with Crippen LogP contribution in [0.4, 0.5) is 0 Å². The summed E-state index contributed by atoms with van der Waals surface area (Å²) in [5.41, 5.74) is 0. The number of hydrogen-bond donors (Lipinski definition) is 0.